The molecule has 3 heterocycles. The summed E-state index contributed by atoms with van der Waals surface area (Å²) in [5.74, 6) is 1.24. The summed E-state index contributed by atoms with van der Waals surface area (Å²) in [6.07, 6.45) is 2.58. The maximum absolute atomic E-state index is 13.7. The Morgan fingerprint density at radius 2 is 1.88 bits per heavy atom. The molecule has 0 saturated heterocycles. The minimum atomic E-state index is -4.48. The number of benzene rings is 1. The molecule has 1 aliphatic carbocycles. The summed E-state index contributed by atoms with van der Waals surface area (Å²) in [5.41, 5.74) is 1.37. The van der Waals surface area contributed by atoms with E-state index in [4.69, 9.17) is 16.1 Å². The van der Waals surface area contributed by atoms with Gasteiger partial charge in [-0.25, -0.2) is 0 Å². The number of nitrogens with zero attached hydrogens (tertiary/aromatic N) is 5. The quantitative estimate of drug-likeness (QED) is 0.401. The van der Waals surface area contributed by atoms with Crippen molar-refractivity contribution in [3.63, 3.8) is 0 Å². The first-order valence-corrected chi connectivity index (χ1v) is 12.0. The third kappa shape index (κ3) is 4.50. The summed E-state index contributed by atoms with van der Waals surface area (Å²) in [6, 6.07) is 4.95. The van der Waals surface area contributed by atoms with Crippen molar-refractivity contribution in [2.75, 3.05) is 11.4 Å². The SMILES string of the molecule is C[C@H](c1cc(Cl)ccc1C(F)(F)F)N1CCCc2nnc(-c3noc(C4CCCCC4)n3)cc21. The average molecular weight is 492 g/mol. The molecule has 1 fully saturated rings. The van der Waals surface area contributed by atoms with Crippen molar-refractivity contribution >= 4 is 17.3 Å². The minimum absolute atomic E-state index is 0.130. The van der Waals surface area contributed by atoms with E-state index in [1.54, 1.807) is 6.92 Å². The number of hydrogen-bond donors (Lipinski definition) is 0. The average Bonchev–Trinajstić information content (AvgIpc) is 3.33. The molecule has 1 saturated carbocycles. The lowest BCUT2D eigenvalue weighted by Gasteiger charge is -2.36. The van der Waals surface area contributed by atoms with E-state index in [9.17, 15) is 13.2 Å². The van der Waals surface area contributed by atoms with Gasteiger partial charge in [0.15, 0.2) is 0 Å². The maximum atomic E-state index is 13.7. The van der Waals surface area contributed by atoms with E-state index in [-0.39, 0.29) is 16.5 Å². The highest BCUT2D eigenvalue weighted by Crippen LogP contribution is 2.41. The number of aryl methyl sites for hydroxylation is 1. The summed E-state index contributed by atoms with van der Waals surface area (Å²) in [6.45, 7) is 2.34. The highest BCUT2D eigenvalue weighted by Gasteiger charge is 2.36. The number of aromatic nitrogens is 4. The molecule has 180 valence electrons. The van der Waals surface area contributed by atoms with Crippen LogP contribution in [0, 0.1) is 0 Å². The zero-order chi connectivity index (χ0) is 23.9. The van der Waals surface area contributed by atoms with Crippen LogP contribution in [-0.2, 0) is 12.6 Å². The fourth-order valence-corrected chi connectivity index (χ4v) is 5.22. The number of rotatable bonds is 4. The van der Waals surface area contributed by atoms with Crippen LogP contribution in [0.25, 0.3) is 11.5 Å². The molecule has 2 aliphatic rings. The Balaban J connectivity index is 1.48. The molecular weight excluding hydrogens is 467 g/mol. The van der Waals surface area contributed by atoms with Gasteiger partial charge in [0, 0.05) is 17.5 Å². The topological polar surface area (TPSA) is 67.9 Å². The lowest BCUT2D eigenvalue weighted by molar-refractivity contribution is -0.138. The van der Waals surface area contributed by atoms with Crippen molar-refractivity contribution in [1.29, 1.82) is 0 Å². The van der Waals surface area contributed by atoms with Crippen LogP contribution in [-0.4, -0.2) is 26.9 Å². The first-order valence-electron chi connectivity index (χ1n) is 11.6. The largest absolute Gasteiger partial charge is 0.416 e. The van der Waals surface area contributed by atoms with Crippen LogP contribution in [0.4, 0.5) is 18.9 Å². The zero-order valence-corrected chi connectivity index (χ0v) is 19.5. The first-order chi connectivity index (χ1) is 16.3. The van der Waals surface area contributed by atoms with Crippen LogP contribution in [0.3, 0.4) is 0 Å². The van der Waals surface area contributed by atoms with Crippen LogP contribution in [0.15, 0.2) is 28.8 Å². The molecule has 3 aromatic rings. The fourth-order valence-electron chi connectivity index (χ4n) is 5.04. The standard InChI is InChI=1S/C24H25ClF3N5O/c1-14(17-12-16(25)9-10-18(17)24(26,27)28)33-11-5-8-19-21(33)13-20(31-30-19)22-29-23(34-32-22)15-6-3-2-4-7-15/h9-10,12-15H,2-8,11H2,1H3/t14-/m1/s1. The van der Waals surface area contributed by atoms with Crippen molar-refractivity contribution in [3.05, 3.63) is 52.0 Å². The van der Waals surface area contributed by atoms with Crippen molar-refractivity contribution in [3.8, 4) is 11.5 Å². The molecule has 0 amide bonds. The second-order valence-electron chi connectivity index (χ2n) is 9.05. The van der Waals surface area contributed by atoms with E-state index < -0.39 is 17.8 Å². The Bertz CT molecular complexity index is 1180. The van der Waals surface area contributed by atoms with Crippen LogP contribution >= 0.6 is 11.6 Å². The number of anilines is 1. The third-order valence-corrected chi connectivity index (χ3v) is 7.07. The van der Waals surface area contributed by atoms with Gasteiger partial charge in [0.25, 0.3) is 0 Å². The van der Waals surface area contributed by atoms with Crippen molar-refractivity contribution in [2.24, 2.45) is 0 Å². The van der Waals surface area contributed by atoms with E-state index in [1.807, 2.05) is 11.0 Å². The molecule has 0 radical (unpaired) electrons. The van der Waals surface area contributed by atoms with Crippen LogP contribution in [0.5, 0.6) is 0 Å². The number of fused-ring (bicyclic) bond motifs is 1. The Morgan fingerprint density at radius 1 is 1.09 bits per heavy atom. The summed E-state index contributed by atoms with van der Waals surface area (Å²) in [7, 11) is 0. The predicted molar refractivity (Wildman–Crippen MR) is 122 cm³/mol. The Morgan fingerprint density at radius 3 is 2.65 bits per heavy atom. The van der Waals surface area contributed by atoms with Gasteiger partial charge in [0.2, 0.25) is 11.7 Å². The van der Waals surface area contributed by atoms with Crippen LogP contribution in [0.1, 0.15) is 80.1 Å². The predicted octanol–water partition coefficient (Wildman–Crippen LogP) is 6.76. The smallest absolute Gasteiger partial charge is 0.363 e. The molecule has 1 aromatic carbocycles. The van der Waals surface area contributed by atoms with Gasteiger partial charge in [-0.1, -0.05) is 36.0 Å². The van der Waals surface area contributed by atoms with Gasteiger partial charge in [-0.3, -0.25) is 0 Å². The van der Waals surface area contributed by atoms with Gasteiger partial charge in [-0.2, -0.15) is 23.3 Å². The van der Waals surface area contributed by atoms with Gasteiger partial charge in [-0.15, -0.1) is 5.10 Å². The van der Waals surface area contributed by atoms with Crippen molar-refractivity contribution < 1.29 is 17.7 Å². The van der Waals surface area contributed by atoms with Crippen LogP contribution < -0.4 is 4.90 Å². The van der Waals surface area contributed by atoms with Gasteiger partial charge in [0.1, 0.15) is 5.69 Å². The van der Waals surface area contributed by atoms with Gasteiger partial charge in [0.05, 0.1) is 23.0 Å². The number of halogens is 4. The molecule has 5 rings (SSSR count). The molecule has 1 atom stereocenters. The number of hydrogen-bond acceptors (Lipinski definition) is 6. The van der Waals surface area contributed by atoms with E-state index in [0.717, 1.165) is 49.6 Å². The molecule has 1 aliphatic heterocycles. The van der Waals surface area contributed by atoms with E-state index in [1.165, 1.54) is 18.6 Å². The zero-order valence-electron chi connectivity index (χ0n) is 18.8. The lowest BCUT2D eigenvalue weighted by Crippen LogP contribution is -2.34. The first kappa shape index (κ1) is 23.1. The highest BCUT2D eigenvalue weighted by atomic mass is 35.5. The second-order valence-corrected chi connectivity index (χ2v) is 9.49. The molecule has 10 heteroatoms. The highest BCUT2D eigenvalue weighted by molar-refractivity contribution is 6.30. The minimum Gasteiger partial charge on any atom is -0.363 e. The Hall–Kier alpha value is -2.68. The Labute approximate surface area is 200 Å². The van der Waals surface area contributed by atoms with E-state index in [0.29, 0.717) is 30.4 Å². The summed E-state index contributed by atoms with van der Waals surface area (Å²) in [5, 5.41) is 13.1. The summed E-state index contributed by atoms with van der Waals surface area (Å²) < 4.78 is 46.7. The van der Waals surface area contributed by atoms with Crippen molar-refractivity contribution in [2.45, 2.75) is 70.0 Å². The third-order valence-electron chi connectivity index (χ3n) is 6.83. The molecule has 34 heavy (non-hydrogen) atoms. The molecule has 0 spiro atoms. The molecule has 0 bridgehead atoms. The van der Waals surface area contributed by atoms with Gasteiger partial charge in [-0.05, 0) is 62.4 Å². The number of alkyl halides is 3. The second kappa shape index (κ2) is 9.17. The fraction of sp³-hybridized carbons (Fsp3) is 0.500. The maximum Gasteiger partial charge on any atom is 0.416 e. The Kier molecular flexibility index (Phi) is 6.22. The molecule has 0 N–H and O–H groups in total. The molecule has 2 aromatic heterocycles. The lowest BCUT2D eigenvalue weighted by atomic mass is 9.89. The van der Waals surface area contributed by atoms with E-state index in [2.05, 4.69) is 20.3 Å². The van der Waals surface area contributed by atoms with Gasteiger partial charge < -0.3 is 9.42 Å². The van der Waals surface area contributed by atoms with Gasteiger partial charge >= 0.3 is 6.18 Å². The molecular formula is C24H25ClF3N5O. The summed E-state index contributed by atoms with van der Waals surface area (Å²) in [4.78, 5) is 6.50. The van der Waals surface area contributed by atoms with Crippen LogP contribution in [0.2, 0.25) is 5.02 Å². The molecule has 0 unspecified atom stereocenters. The molecule has 6 nitrogen and oxygen atoms in total. The normalized spacial score (nSPS) is 18.1. The monoisotopic (exact) mass is 491 g/mol. The van der Waals surface area contributed by atoms with Crippen molar-refractivity contribution in [1.82, 2.24) is 20.3 Å². The van der Waals surface area contributed by atoms with E-state index >= 15 is 0 Å². The summed E-state index contributed by atoms with van der Waals surface area (Å²) >= 11 is 6.09.